The van der Waals surface area contributed by atoms with Gasteiger partial charge in [0.2, 0.25) is 0 Å². The molecular formula is C12H10ClNO2S. The number of benzene rings is 1. The van der Waals surface area contributed by atoms with Crippen LogP contribution in [0.1, 0.15) is 6.92 Å². The van der Waals surface area contributed by atoms with Crippen molar-refractivity contribution in [2.24, 2.45) is 0 Å². The fourth-order valence-corrected chi connectivity index (χ4v) is 2.07. The summed E-state index contributed by atoms with van der Waals surface area (Å²) in [6, 6.07) is 7.06. The molecule has 0 saturated carbocycles. The average molecular weight is 268 g/mol. The van der Waals surface area contributed by atoms with Crippen LogP contribution in [0.15, 0.2) is 29.3 Å². The first-order valence-electron chi connectivity index (χ1n) is 4.93. The molecule has 0 aliphatic heterocycles. The average Bonchev–Trinajstić information content (AvgIpc) is 2.28. The normalized spacial score (nSPS) is 10.5. The first-order chi connectivity index (χ1) is 8.10. The van der Waals surface area contributed by atoms with Crippen molar-refractivity contribution in [3.05, 3.63) is 29.3 Å². The summed E-state index contributed by atoms with van der Waals surface area (Å²) in [7, 11) is 0. The molecule has 1 heterocycles. The van der Waals surface area contributed by atoms with Crippen molar-refractivity contribution >= 4 is 40.2 Å². The van der Waals surface area contributed by atoms with Gasteiger partial charge in [-0.05, 0) is 24.5 Å². The zero-order valence-electron chi connectivity index (χ0n) is 9.36. The Balaban J connectivity index is 2.67. The highest BCUT2D eigenvalue weighted by Gasteiger charge is 2.09. The van der Waals surface area contributed by atoms with E-state index in [1.807, 2.05) is 12.3 Å². The smallest absolute Gasteiger partial charge is 0.308 e. The maximum absolute atomic E-state index is 11.1. The number of carbonyl (C=O) groups excluding carboxylic acids is 1. The summed E-state index contributed by atoms with van der Waals surface area (Å²) in [6.07, 6.45) is 1.92. The number of aromatic nitrogens is 1. The van der Waals surface area contributed by atoms with E-state index in [-0.39, 0.29) is 5.97 Å². The van der Waals surface area contributed by atoms with Gasteiger partial charge in [-0.15, -0.1) is 11.8 Å². The number of nitrogens with zero attached hydrogens (tertiary/aromatic N) is 1. The van der Waals surface area contributed by atoms with Crippen molar-refractivity contribution in [1.82, 2.24) is 4.98 Å². The van der Waals surface area contributed by atoms with Crippen molar-refractivity contribution in [1.29, 1.82) is 0 Å². The molecular weight excluding hydrogens is 258 g/mol. The van der Waals surface area contributed by atoms with E-state index in [2.05, 4.69) is 4.98 Å². The molecule has 3 nitrogen and oxygen atoms in total. The van der Waals surface area contributed by atoms with Crippen LogP contribution in [-0.4, -0.2) is 17.2 Å². The van der Waals surface area contributed by atoms with Crippen LogP contribution in [0.4, 0.5) is 0 Å². The van der Waals surface area contributed by atoms with Gasteiger partial charge in [0.15, 0.2) is 0 Å². The van der Waals surface area contributed by atoms with Gasteiger partial charge >= 0.3 is 5.97 Å². The molecule has 17 heavy (non-hydrogen) atoms. The lowest BCUT2D eigenvalue weighted by Crippen LogP contribution is -2.02. The van der Waals surface area contributed by atoms with Crippen molar-refractivity contribution in [2.75, 3.05) is 6.26 Å². The Morgan fingerprint density at radius 1 is 1.41 bits per heavy atom. The van der Waals surface area contributed by atoms with Gasteiger partial charge in [0.25, 0.3) is 0 Å². The van der Waals surface area contributed by atoms with E-state index in [9.17, 15) is 4.79 Å². The third kappa shape index (κ3) is 2.70. The van der Waals surface area contributed by atoms with Crippen LogP contribution in [0.3, 0.4) is 0 Å². The highest BCUT2D eigenvalue weighted by atomic mass is 35.5. The minimum Gasteiger partial charge on any atom is -0.426 e. The van der Waals surface area contributed by atoms with Gasteiger partial charge in [-0.3, -0.25) is 4.79 Å². The number of ether oxygens (including phenoxy) is 1. The van der Waals surface area contributed by atoms with Gasteiger partial charge < -0.3 is 4.74 Å². The van der Waals surface area contributed by atoms with Gasteiger partial charge in [0, 0.05) is 23.4 Å². The predicted octanol–water partition coefficient (Wildman–Crippen LogP) is 3.54. The van der Waals surface area contributed by atoms with Gasteiger partial charge in [-0.1, -0.05) is 11.6 Å². The number of esters is 1. The fourth-order valence-electron chi connectivity index (χ4n) is 1.49. The number of hydrogen-bond acceptors (Lipinski definition) is 4. The predicted molar refractivity (Wildman–Crippen MR) is 69.8 cm³/mol. The Morgan fingerprint density at radius 3 is 2.82 bits per heavy atom. The number of fused-ring (bicyclic) bond motifs is 1. The number of halogens is 1. The zero-order valence-corrected chi connectivity index (χ0v) is 10.9. The highest BCUT2D eigenvalue weighted by molar-refractivity contribution is 7.98. The lowest BCUT2D eigenvalue weighted by molar-refractivity contribution is -0.131. The molecule has 5 heteroatoms. The third-order valence-electron chi connectivity index (χ3n) is 2.17. The highest BCUT2D eigenvalue weighted by Crippen LogP contribution is 2.30. The molecule has 0 bridgehead atoms. The zero-order chi connectivity index (χ0) is 12.4. The summed E-state index contributed by atoms with van der Waals surface area (Å²) in [5.74, 6) is 0.138. The molecule has 0 aliphatic rings. The van der Waals surface area contributed by atoms with E-state index in [0.717, 1.165) is 15.9 Å². The second-order valence-corrected chi connectivity index (χ2v) is 4.68. The summed E-state index contributed by atoms with van der Waals surface area (Å²) in [4.78, 5) is 15.5. The van der Waals surface area contributed by atoms with Crippen LogP contribution >= 0.6 is 23.4 Å². The number of pyridine rings is 1. The lowest BCUT2D eigenvalue weighted by Gasteiger charge is -2.08. The molecule has 0 N–H and O–H groups in total. The molecule has 88 valence electrons. The molecule has 0 saturated heterocycles. The second-order valence-electron chi connectivity index (χ2n) is 3.42. The fraction of sp³-hybridized carbons (Fsp3) is 0.167. The molecule has 2 aromatic rings. The van der Waals surface area contributed by atoms with Crippen LogP contribution < -0.4 is 4.74 Å². The van der Waals surface area contributed by atoms with E-state index in [4.69, 9.17) is 16.3 Å². The van der Waals surface area contributed by atoms with E-state index >= 15 is 0 Å². The first-order valence-corrected chi connectivity index (χ1v) is 6.53. The number of carbonyl (C=O) groups is 1. The third-order valence-corrected chi connectivity index (χ3v) is 3.03. The maximum atomic E-state index is 11.1. The van der Waals surface area contributed by atoms with E-state index < -0.39 is 0 Å². The van der Waals surface area contributed by atoms with Crippen molar-refractivity contribution in [2.45, 2.75) is 11.9 Å². The molecule has 1 aromatic carbocycles. The lowest BCUT2D eigenvalue weighted by atomic mass is 10.2. The van der Waals surface area contributed by atoms with E-state index in [0.29, 0.717) is 10.8 Å². The van der Waals surface area contributed by atoms with Gasteiger partial charge in [-0.2, -0.15) is 0 Å². The molecule has 0 amide bonds. The van der Waals surface area contributed by atoms with Crippen LogP contribution in [-0.2, 0) is 4.79 Å². The largest absolute Gasteiger partial charge is 0.426 e. The van der Waals surface area contributed by atoms with Crippen LogP contribution in [0.2, 0.25) is 5.02 Å². The van der Waals surface area contributed by atoms with Gasteiger partial charge in [0.05, 0.1) is 5.52 Å². The SMILES string of the molecule is CSc1cc(OC(C)=O)c2cc(Cl)ccc2n1. The monoisotopic (exact) mass is 267 g/mol. The first kappa shape index (κ1) is 12.2. The number of thioether (sulfide) groups is 1. The summed E-state index contributed by atoms with van der Waals surface area (Å²) in [5, 5.41) is 2.13. The van der Waals surface area contributed by atoms with E-state index in [1.54, 1.807) is 18.2 Å². The topological polar surface area (TPSA) is 39.2 Å². The summed E-state index contributed by atoms with van der Waals surface area (Å²) < 4.78 is 5.17. The molecule has 0 spiro atoms. The molecule has 0 radical (unpaired) electrons. The van der Waals surface area contributed by atoms with Crippen molar-refractivity contribution < 1.29 is 9.53 Å². The molecule has 0 aliphatic carbocycles. The van der Waals surface area contributed by atoms with Crippen LogP contribution in [0.25, 0.3) is 10.9 Å². The molecule has 0 unspecified atom stereocenters. The molecule has 2 rings (SSSR count). The Bertz CT molecular complexity index is 586. The Labute approximate surface area is 108 Å². The summed E-state index contributed by atoms with van der Waals surface area (Å²) in [6.45, 7) is 1.37. The van der Waals surface area contributed by atoms with Gasteiger partial charge in [-0.25, -0.2) is 4.98 Å². The quantitative estimate of drug-likeness (QED) is 0.616. The van der Waals surface area contributed by atoms with Crippen LogP contribution in [0, 0.1) is 0 Å². The minimum absolute atomic E-state index is 0.357. The molecule has 1 aromatic heterocycles. The molecule has 0 atom stereocenters. The summed E-state index contributed by atoms with van der Waals surface area (Å²) in [5.41, 5.74) is 0.762. The number of rotatable bonds is 2. The van der Waals surface area contributed by atoms with E-state index in [1.165, 1.54) is 18.7 Å². The Kier molecular flexibility index (Phi) is 3.54. The van der Waals surface area contributed by atoms with Crippen LogP contribution in [0.5, 0.6) is 5.75 Å². The second kappa shape index (κ2) is 4.94. The summed E-state index contributed by atoms with van der Waals surface area (Å²) >= 11 is 7.42. The Morgan fingerprint density at radius 2 is 2.18 bits per heavy atom. The maximum Gasteiger partial charge on any atom is 0.308 e. The Hall–Kier alpha value is -1.26. The van der Waals surface area contributed by atoms with Crippen molar-refractivity contribution in [3.63, 3.8) is 0 Å². The molecule has 0 fully saturated rings. The standard InChI is InChI=1S/C12H10ClNO2S/c1-7(15)16-11-6-12(17-2)14-10-4-3-8(13)5-9(10)11/h3-6H,1-2H3. The van der Waals surface area contributed by atoms with Crippen molar-refractivity contribution in [3.8, 4) is 5.75 Å². The minimum atomic E-state index is -0.357. The number of hydrogen-bond donors (Lipinski definition) is 0. The van der Waals surface area contributed by atoms with Gasteiger partial charge in [0.1, 0.15) is 10.8 Å².